The number of rotatable bonds is 3. The number of benzene rings is 1. The van der Waals surface area contributed by atoms with Gasteiger partial charge in [0.15, 0.2) is 0 Å². The van der Waals surface area contributed by atoms with Gasteiger partial charge in [-0.2, -0.15) is 0 Å². The van der Waals surface area contributed by atoms with Crippen molar-refractivity contribution < 1.29 is 9.59 Å². The van der Waals surface area contributed by atoms with E-state index < -0.39 is 6.04 Å². The number of thioether (sulfide) groups is 1. The van der Waals surface area contributed by atoms with Gasteiger partial charge in [0.05, 0.1) is 17.3 Å². The van der Waals surface area contributed by atoms with E-state index in [2.05, 4.69) is 5.32 Å². The Bertz CT molecular complexity index is 498. The lowest BCUT2D eigenvalue weighted by molar-refractivity contribution is -0.135. The van der Waals surface area contributed by atoms with Crippen molar-refractivity contribution >= 4 is 47.4 Å². The molecule has 2 rings (SSSR count). The average Bonchev–Trinajstić information content (AvgIpc) is 2.90. The molecule has 110 valence electrons. The number of para-hydroxylation sites is 2. The highest BCUT2D eigenvalue weighted by atomic mass is 35.5. The second-order valence-electron chi connectivity index (χ2n) is 4.31. The van der Waals surface area contributed by atoms with Gasteiger partial charge in [0.25, 0.3) is 0 Å². The lowest BCUT2D eigenvalue weighted by atomic mass is 10.2. The molecule has 5 nitrogen and oxygen atoms in total. The molecule has 1 atom stereocenters. The van der Waals surface area contributed by atoms with Gasteiger partial charge in [-0.25, -0.2) is 0 Å². The quantitative estimate of drug-likeness (QED) is 0.836. The topological polar surface area (TPSA) is 75.4 Å². The van der Waals surface area contributed by atoms with Gasteiger partial charge < -0.3 is 16.0 Å². The highest BCUT2D eigenvalue weighted by Gasteiger charge is 2.33. The minimum atomic E-state index is -0.406. The van der Waals surface area contributed by atoms with Crippen LogP contribution >= 0.6 is 24.2 Å². The molecule has 1 fully saturated rings. The number of hydrogen-bond acceptors (Lipinski definition) is 4. The summed E-state index contributed by atoms with van der Waals surface area (Å²) in [5.41, 5.74) is 6.90. The number of carbonyl (C=O) groups is 2. The molecule has 1 aromatic carbocycles. The summed E-state index contributed by atoms with van der Waals surface area (Å²) in [6, 6.07) is 6.69. The van der Waals surface area contributed by atoms with E-state index in [1.54, 1.807) is 35.7 Å². The van der Waals surface area contributed by atoms with Crippen molar-refractivity contribution in [3.8, 4) is 0 Å². The summed E-state index contributed by atoms with van der Waals surface area (Å²) < 4.78 is 0. The Balaban J connectivity index is 0.00000200. The van der Waals surface area contributed by atoms with Crippen LogP contribution in [0.1, 0.15) is 13.3 Å². The molecule has 1 aliphatic rings. The van der Waals surface area contributed by atoms with Gasteiger partial charge in [-0.3, -0.25) is 9.59 Å². The molecule has 3 N–H and O–H groups in total. The standard InChI is InChI=1S/C13H17N3O2S.ClH/c1-2-12(17)16-8-19-7-11(16)13(18)15-10-6-4-3-5-9(10)14;/h3-6,11H,2,7-8,14H2,1H3,(H,15,18);1H. The molecule has 1 unspecified atom stereocenters. The van der Waals surface area contributed by atoms with Gasteiger partial charge in [0.2, 0.25) is 11.8 Å². The minimum absolute atomic E-state index is 0. The van der Waals surface area contributed by atoms with E-state index in [1.165, 1.54) is 0 Å². The number of halogens is 1. The summed E-state index contributed by atoms with van der Waals surface area (Å²) in [5.74, 6) is 1.04. The first-order chi connectivity index (χ1) is 9.13. The number of carbonyl (C=O) groups excluding carboxylic acids is 2. The fourth-order valence-corrected chi connectivity index (χ4v) is 3.12. The summed E-state index contributed by atoms with van der Waals surface area (Å²) in [6.07, 6.45) is 0.414. The molecule has 1 saturated heterocycles. The molecule has 20 heavy (non-hydrogen) atoms. The number of nitrogens with two attached hydrogens (primary N) is 1. The van der Waals surface area contributed by atoms with Crippen LogP contribution < -0.4 is 11.1 Å². The SMILES string of the molecule is CCC(=O)N1CSCC1C(=O)Nc1ccccc1N.Cl. The van der Waals surface area contributed by atoms with E-state index in [4.69, 9.17) is 5.73 Å². The van der Waals surface area contributed by atoms with Gasteiger partial charge >= 0.3 is 0 Å². The van der Waals surface area contributed by atoms with E-state index >= 15 is 0 Å². The molecule has 7 heteroatoms. The molecular weight excluding hydrogens is 298 g/mol. The third kappa shape index (κ3) is 3.58. The van der Waals surface area contributed by atoms with Crippen LogP contribution in [0.15, 0.2) is 24.3 Å². The molecule has 0 aliphatic carbocycles. The summed E-state index contributed by atoms with van der Waals surface area (Å²) in [5, 5.41) is 2.79. The van der Waals surface area contributed by atoms with Crippen LogP contribution in [-0.4, -0.2) is 34.4 Å². The third-order valence-corrected chi connectivity index (χ3v) is 4.04. The second kappa shape index (κ2) is 7.40. The minimum Gasteiger partial charge on any atom is -0.397 e. The first-order valence-corrected chi connectivity index (χ1v) is 7.31. The Kier molecular flexibility index (Phi) is 6.16. The van der Waals surface area contributed by atoms with Crippen molar-refractivity contribution in [2.24, 2.45) is 0 Å². The van der Waals surface area contributed by atoms with Gasteiger partial charge in [-0.1, -0.05) is 19.1 Å². The molecule has 0 aromatic heterocycles. The van der Waals surface area contributed by atoms with Crippen molar-refractivity contribution in [3.05, 3.63) is 24.3 Å². The zero-order chi connectivity index (χ0) is 13.8. The first kappa shape index (κ1) is 16.7. The maximum atomic E-state index is 12.2. The van der Waals surface area contributed by atoms with Crippen LogP contribution in [0.3, 0.4) is 0 Å². The van der Waals surface area contributed by atoms with Crippen LogP contribution in [0.5, 0.6) is 0 Å². The Labute approximate surface area is 128 Å². The number of hydrogen-bond donors (Lipinski definition) is 2. The number of nitrogen functional groups attached to an aromatic ring is 1. The van der Waals surface area contributed by atoms with E-state index in [0.29, 0.717) is 29.4 Å². The zero-order valence-electron chi connectivity index (χ0n) is 11.2. The van der Waals surface area contributed by atoms with Crippen molar-refractivity contribution in [2.75, 3.05) is 22.7 Å². The number of nitrogens with zero attached hydrogens (tertiary/aromatic N) is 1. The van der Waals surface area contributed by atoms with Crippen LogP contribution in [-0.2, 0) is 9.59 Å². The van der Waals surface area contributed by atoms with Crippen LogP contribution in [0, 0.1) is 0 Å². The van der Waals surface area contributed by atoms with Gasteiger partial charge in [0, 0.05) is 12.2 Å². The fourth-order valence-electron chi connectivity index (χ4n) is 1.94. The summed E-state index contributed by atoms with van der Waals surface area (Å²) in [4.78, 5) is 25.6. The average molecular weight is 316 g/mol. The van der Waals surface area contributed by atoms with E-state index in [9.17, 15) is 9.59 Å². The number of nitrogens with one attached hydrogen (secondary N) is 1. The molecule has 0 spiro atoms. The normalized spacial score (nSPS) is 17.4. The maximum Gasteiger partial charge on any atom is 0.248 e. The van der Waals surface area contributed by atoms with Crippen molar-refractivity contribution in [2.45, 2.75) is 19.4 Å². The predicted octanol–water partition coefficient (Wildman–Crippen LogP) is 1.94. The molecule has 1 heterocycles. The lowest BCUT2D eigenvalue weighted by Crippen LogP contribution is -2.44. The van der Waals surface area contributed by atoms with Crippen LogP contribution in [0.25, 0.3) is 0 Å². The monoisotopic (exact) mass is 315 g/mol. The van der Waals surface area contributed by atoms with Crippen LogP contribution in [0.2, 0.25) is 0 Å². The molecule has 1 aliphatic heterocycles. The number of amides is 2. The smallest absolute Gasteiger partial charge is 0.248 e. The number of anilines is 2. The second-order valence-corrected chi connectivity index (χ2v) is 5.31. The molecule has 0 radical (unpaired) electrons. The van der Waals surface area contributed by atoms with Crippen LogP contribution in [0.4, 0.5) is 11.4 Å². The van der Waals surface area contributed by atoms with E-state index in [0.717, 1.165) is 0 Å². The maximum absolute atomic E-state index is 12.2. The fraction of sp³-hybridized carbons (Fsp3) is 0.385. The molecule has 1 aromatic rings. The third-order valence-electron chi connectivity index (χ3n) is 3.03. The predicted molar refractivity (Wildman–Crippen MR) is 85.0 cm³/mol. The highest BCUT2D eigenvalue weighted by Crippen LogP contribution is 2.24. The van der Waals surface area contributed by atoms with Gasteiger partial charge in [-0.15, -0.1) is 24.2 Å². The Hall–Kier alpha value is -1.40. The molecule has 0 saturated carbocycles. The Morgan fingerprint density at radius 1 is 1.45 bits per heavy atom. The Morgan fingerprint density at radius 3 is 2.80 bits per heavy atom. The largest absolute Gasteiger partial charge is 0.397 e. The molecule has 0 bridgehead atoms. The summed E-state index contributed by atoms with van der Waals surface area (Å²) >= 11 is 1.59. The summed E-state index contributed by atoms with van der Waals surface area (Å²) in [7, 11) is 0. The van der Waals surface area contributed by atoms with E-state index in [1.807, 2.05) is 12.1 Å². The lowest BCUT2D eigenvalue weighted by Gasteiger charge is -2.22. The first-order valence-electron chi connectivity index (χ1n) is 6.16. The molecule has 2 amide bonds. The molecular formula is C13H18ClN3O2S. The van der Waals surface area contributed by atoms with Gasteiger partial charge in [-0.05, 0) is 12.1 Å². The van der Waals surface area contributed by atoms with Crippen molar-refractivity contribution in [3.63, 3.8) is 0 Å². The van der Waals surface area contributed by atoms with Gasteiger partial charge in [0.1, 0.15) is 6.04 Å². The Morgan fingerprint density at radius 2 is 2.15 bits per heavy atom. The summed E-state index contributed by atoms with van der Waals surface area (Å²) in [6.45, 7) is 1.80. The zero-order valence-corrected chi connectivity index (χ0v) is 12.8. The van der Waals surface area contributed by atoms with Crippen molar-refractivity contribution in [1.82, 2.24) is 4.90 Å². The van der Waals surface area contributed by atoms with E-state index in [-0.39, 0.29) is 24.2 Å². The highest BCUT2D eigenvalue weighted by molar-refractivity contribution is 7.99. The van der Waals surface area contributed by atoms with Crippen molar-refractivity contribution in [1.29, 1.82) is 0 Å².